The van der Waals surface area contributed by atoms with Gasteiger partial charge in [0.1, 0.15) is 10.6 Å². The van der Waals surface area contributed by atoms with Gasteiger partial charge in [0.05, 0.1) is 0 Å². The fraction of sp³-hybridized carbons (Fsp3) is 0.500. The first-order valence-corrected chi connectivity index (χ1v) is 7.02. The van der Waals surface area contributed by atoms with E-state index in [4.69, 9.17) is 11.5 Å². The van der Waals surface area contributed by atoms with Gasteiger partial charge in [-0.1, -0.05) is 0 Å². The summed E-state index contributed by atoms with van der Waals surface area (Å²) in [7, 11) is -2.05. The van der Waals surface area contributed by atoms with Gasteiger partial charge in [-0.05, 0) is 18.9 Å². The molecule has 1 aliphatic carbocycles. The minimum Gasteiger partial charge on any atom is -0.364 e. The van der Waals surface area contributed by atoms with Gasteiger partial charge < -0.3 is 16.0 Å². The quantitative estimate of drug-likeness (QED) is 0.643. The lowest BCUT2D eigenvalue weighted by molar-refractivity contribution is 0.0992. The van der Waals surface area contributed by atoms with Crippen molar-refractivity contribution in [2.45, 2.75) is 29.8 Å². The van der Waals surface area contributed by atoms with Crippen LogP contribution in [0.2, 0.25) is 0 Å². The van der Waals surface area contributed by atoms with E-state index in [9.17, 15) is 13.2 Å². The highest BCUT2D eigenvalue weighted by Crippen LogP contribution is 2.21. The van der Waals surface area contributed by atoms with E-state index in [0.717, 1.165) is 0 Å². The number of rotatable bonds is 4. The van der Waals surface area contributed by atoms with Crippen molar-refractivity contribution in [2.24, 2.45) is 18.5 Å². The average Bonchev–Trinajstić information content (AvgIpc) is 2.58. The third-order valence-electron chi connectivity index (χ3n) is 3.04. The molecular formula is C10H16N4O3S. The fourth-order valence-electron chi connectivity index (χ4n) is 1.97. The molecule has 0 aromatic carbocycles. The van der Waals surface area contributed by atoms with E-state index < -0.39 is 15.9 Å². The lowest BCUT2D eigenvalue weighted by atomic mass is 9.89. The van der Waals surface area contributed by atoms with E-state index in [2.05, 4.69) is 4.72 Å². The summed E-state index contributed by atoms with van der Waals surface area (Å²) in [6.07, 6.45) is 2.63. The summed E-state index contributed by atoms with van der Waals surface area (Å²) >= 11 is 0. The smallest absolute Gasteiger partial charge is 0.265 e. The second-order valence-electron chi connectivity index (χ2n) is 4.59. The summed E-state index contributed by atoms with van der Waals surface area (Å²) in [5.41, 5.74) is 10.9. The maximum absolute atomic E-state index is 12.0. The Morgan fingerprint density at radius 3 is 2.56 bits per heavy atom. The second-order valence-corrected chi connectivity index (χ2v) is 6.30. The van der Waals surface area contributed by atoms with Gasteiger partial charge >= 0.3 is 0 Å². The Bertz CT molecular complexity index is 572. The largest absolute Gasteiger partial charge is 0.364 e. The third-order valence-corrected chi connectivity index (χ3v) is 4.53. The van der Waals surface area contributed by atoms with E-state index >= 15 is 0 Å². The molecule has 8 heteroatoms. The molecule has 0 aliphatic heterocycles. The number of nitrogens with two attached hydrogens (primary N) is 2. The first-order chi connectivity index (χ1) is 8.29. The highest BCUT2D eigenvalue weighted by atomic mass is 32.2. The van der Waals surface area contributed by atoms with Crippen molar-refractivity contribution in [3.8, 4) is 0 Å². The molecular weight excluding hydrogens is 256 g/mol. The van der Waals surface area contributed by atoms with E-state index in [1.54, 1.807) is 7.05 Å². The van der Waals surface area contributed by atoms with Gasteiger partial charge in [0, 0.05) is 25.3 Å². The molecule has 1 amide bonds. The van der Waals surface area contributed by atoms with Crippen LogP contribution in [0.5, 0.6) is 0 Å². The fourth-order valence-corrected chi connectivity index (χ4v) is 3.30. The van der Waals surface area contributed by atoms with Crippen LogP contribution < -0.4 is 16.2 Å². The molecule has 1 aliphatic rings. The van der Waals surface area contributed by atoms with Gasteiger partial charge in [-0.3, -0.25) is 4.79 Å². The Hall–Kier alpha value is -1.38. The zero-order valence-electron chi connectivity index (χ0n) is 9.96. The molecule has 2 rings (SSSR count). The number of aryl methyl sites for hydroxylation is 1. The van der Waals surface area contributed by atoms with Crippen LogP contribution in [0.4, 0.5) is 0 Å². The Morgan fingerprint density at radius 1 is 1.50 bits per heavy atom. The van der Waals surface area contributed by atoms with Crippen molar-refractivity contribution in [2.75, 3.05) is 0 Å². The van der Waals surface area contributed by atoms with Crippen molar-refractivity contribution in [1.29, 1.82) is 0 Å². The van der Waals surface area contributed by atoms with Crippen molar-refractivity contribution < 1.29 is 13.2 Å². The van der Waals surface area contributed by atoms with E-state index in [-0.39, 0.29) is 22.7 Å². The molecule has 1 fully saturated rings. The van der Waals surface area contributed by atoms with Crippen LogP contribution in [0, 0.1) is 0 Å². The molecule has 0 bridgehead atoms. The maximum atomic E-state index is 12.0. The highest BCUT2D eigenvalue weighted by Gasteiger charge is 2.31. The van der Waals surface area contributed by atoms with E-state index in [0.29, 0.717) is 12.8 Å². The van der Waals surface area contributed by atoms with Crippen LogP contribution >= 0.6 is 0 Å². The van der Waals surface area contributed by atoms with Crippen LogP contribution in [-0.4, -0.2) is 31.0 Å². The van der Waals surface area contributed by atoms with Gasteiger partial charge in [-0.25, -0.2) is 13.1 Å². The number of hydrogen-bond acceptors (Lipinski definition) is 4. The number of carbonyl (C=O) groups excluding carboxylic acids is 1. The standard InChI is InChI=1S/C10H16N4O3S/c1-14-5-8(4-9(14)10(12)15)18(16,17)13-7-2-6(11)3-7/h4-7,13H,2-3,11H2,1H3,(H2,12,15). The molecule has 1 saturated carbocycles. The minimum atomic E-state index is -3.61. The zero-order chi connectivity index (χ0) is 13.5. The molecule has 0 radical (unpaired) electrons. The van der Waals surface area contributed by atoms with Crippen LogP contribution in [-0.2, 0) is 17.1 Å². The van der Waals surface area contributed by atoms with Gasteiger partial charge in [0.2, 0.25) is 10.0 Å². The number of aromatic nitrogens is 1. The van der Waals surface area contributed by atoms with Crippen molar-refractivity contribution >= 4 is 15.9 Å². The minimum absolute atomic E-state index is 0.0410. The molecule has 100 valence electrons. The summed E-state index contributed by atoms with van der Waals surface area (Å²) in [6.45, 7) is 0. The van der Waals surface area contributed by atoms with Crippen LogP contribution in [0.1, 0.15) is 23.3 Å². The van der Waals surface area contributed by atoms with Crippen molar-refractivity contribution in [3.05, 3.63) is 18.0 Å². The molecule has 0 saturated heterocycles. The molecule has 1 heterocycles. The van der Waals surface area contributed by atoms with Gasteiger partial charge in [-0.15, -0.1) is 0 Å². The number of carbonyl (C=O) groups is 1. The van der Waals surface area contributed by atoms with Crippen LogP contribution in [0.25, 0.3) is 0 Å². The Kier molecular flexibility index (Phi) is 3.18. The Balaban J connectivity index is 2.19. The molecule has 0 atom stereocenters. The Morgan fingerprint density at radius 2 is 2.11 bits per heavy atom. The zero-order valence-corrected chi connectivity index (χ0v) is 10.8. The number of hydrogen-bond donors (Lipinski definition) is 3. The summed E-state index contributed by atoms with van der Waals surface area (Å²) in [6, 6.07) is 1.21. The van der Waals surface area contributed by atoms with Crippen LogP contribution in [0.15, 0.2) is 17.2 Å². The molecule has 18 heavy (non-hydrogen) atoms. The third kappa shape index (κ3) is 2.40. The lowest BCUT2D eigenvalue weighted by Gasteiger charge is -2.32. The number of nitrogens with zero attached hydrogens (tertiary/aromatic N) is 1. The number of primary amides is 1. The Labute approximate surface area is 105 Å². The molecule has 5 N–H and O–H groups in total. The lowest BCUT2D eigenvalue weighted by Crippen LogP contribution is -2.50. The normalized spacial score (nSPS) is 23.7. The number of nitrogens with one attached hydrogen (secondary N) is 1. The average molecular weight is 272 g/mol. The highest BCUT2D eigenvalue weighted by molar-refractivity contribution is 7.89. The number of amides is 1. The topological polar surface area (TPSA) is 120 Å². The molecule has 7 nitrogen and oxygen atoms in total. The summed E-state index contributed by atoms with van der Waals surface area (Å²) in [4.78, 5) is 11.1. The van der Waals surface area contributed by atoms with Crippen molar-refractivity contribution in [3.63, 3.8) is 0 Å². The SMILES string of the molecule is Cn1cc(S(=O)(=O)NC2CC(N)C2)cc1C(N)=O. The monoisotopic (exact) mass is 272 g/mol. The van der Waals surface area contributed by atoms with Gasteiger partial charge in [0.25, 0.3) is 5.91 Å². The summed E-state index contributed by atoms with van der Waals surface area (Å²) in [5, 5.41) is 0. The van der Waals surface area contributed by atoms with Gasteiger partial charge in [-0.2, -0.15) is 0 Å². The second kappa shape index (κ2) is 4.38. The first-order valence-electron chi connectivity index (χ1n) is 5.53. The maximum Gasteiger partial charge on any atom is 0.265 e. The summed E-state index contributed by atoms with van der Waals surface area (Å²) in [5.74, 6) is -0.662. The van der Waals surface area contributed by atoms with Crippen molar-refractivity contribution in [1.82, 2.24) is 9.29 Å². The van der Waals surface area contributed by atoms with E-state index in [1.165, 1.54) is 16.8 Å². The summed E-state index contributed by atoms with van der Waals surface area (Å²) < 4.78 is 28.0. The molecule has 1 aromatic rings. The van der Waals surface area contributed by atoms with E-state index in [1.807, 2.05) is 0 Å². The first kappa shape index (κ1) is 13.1. The van der Waals surface area contributed by atoms with Crippen LogP contribution in [0.3, 0.4) is 0 Å². The number of sulfonamides is 1. The van der Waals surface area contributed by atoms with Gasteiger partial charge in [0.15, 0.2) is 0 Å². The molecule has 1 aromatic heterocycles. The molecule has 0 unspecified atom stereocenters. The molecule has 0 spiro atoms. The predicted octanol–water partition coefficient (Wildman–Crippen LogP) is -1.11. The predicted molar refractivity (Wildman–Crippen MR) is 65.2 cm³/mol.